The number of carboxylic acids is 1. The van der Waals surface area contributed by atoms with Crippen LogP contribution in [-0.2, 0) is 4.79 Å². The summed E-state index contributed by atoms with van der Waals surface area (Å²) in [4.78, 5) is 13.5. The van der Waals surface area contributed by atoms with Gasteiger partial charge in [-0.1, -0.05) is 20.8 Å². The van der Waals surface area contributed by atoms with E-state index in [9.17, 15) is 9.90 Å². The quantitative estimate of drug-likeness (QED) is 0.787. The molecule has 3 N–H and O–H groups in total. The molecule has 1 saturated carbocycles. The number of rotatable bonds is 2. The highest BCUT2D eigenvalue weighted by atomic mass is 16.4. The minimum absolute atomic E-state index is 0.433. The summed E-state index contributed by atoms with van der Waals surface area (Å²) in [7, 11) is 0. The maximum absolute atomic E-state index is 11.2. The molecule has 18 heavy (non-hydrogen) atoms. The zero-order valence-corrected chi connectivity index (χ0v) is 11.8. The molecule has 4 nitrogen and oxygen atoms in total. The van der Waals surface area contributed by atoms with Gasteiger partial charge < -0.3 is 10.8 Å². The van der Waals surface area contributed by atoms with Gasteiger partial charge in [0, 0.05) is 19.1 Å². The Morgan fingerprint density at radius 3 is 2.56 bits per heavy atom. The van der Waals surface area contributed by atoms with E-state index in [1.165, 1.54) is 19.3 Å². The standard InChI is InChI=1S/C14H26N2O2/c1-10-8-13(2,3)5-4-11(10)16-7-6-14(15,9-16)12(17)18/h10-11H,4-9,15H2,1-3H3,(H,17,18). The molecule has 1 heterocycles. The molecule has 3 unspecified atom stereocenters. The molecule has 4 heteroatoms. The van der Waals surface area contributed by atoms with Gasteiger partial charge in [-0.15, -0.1) is 0 Å². The van der Waals surface area contributed by atoms with Crippen molar-refractivity contribution in [2.24, 2.45) is 17.1 Å². The van der Waals surface area contributed by atoms with Gasteiger partial charge in [0.1, 0.15) is 5.54 Å². The number of carbonyl (C=O) groups is 1. The number of carboxylic acid groups (broad SMARTS) is 1. The normalized spacial score (nSPS) is 40.9. The number of hydrogen-bond acceptors (Lipinski definition) is 3. The Morgan fingerprint density at radius 2 is 2.06 bits per heavy atom. The Kier molecular flexibility index (Phi) is 3.45. The largest absolute Gasteiger partial charge is 0.480 e. The molecular formula is C14H26N2O2. The first-order valence-electron chi connectivity index (χ1n) is 7.00. The summed E-state index contributed by atoms with van der Waals surface area (Å²) in [5.74, 6) is -0.223. The van der Waals surface area contributed by atoms with Crippen molar-refractivity contribution < 1.29 is 9.90 Å². The van der Waals surface area contributed by atoms with E-state index in [4.69, 9.17) is 5.73 Å². The summed E-state index contributed by atoms with van der Waals surface area (Å²) in [5, 5.41) is 9.19. The molecule has 3 atom stereocenters. The second kappa shape index (κ2) is 4.49. The molecule has 2 rings (SSSR count). The van der Waals surface area contributed by atoms with E-state index in [1.54, 1.807) is 0 Å². The van der Waals surface area contributed by atoms with Crippen LogP contribution in [0.3, 0.4) is 0 Å². The maximum Gasteiger partial charge on any atom is 0.325 e. The monoisotopic (exact) mass is 254 g/mol. The van der Waals surface area contributed by atoms with Crippen molar-refractivity contribution in [3.63, 3.8) is 0 Å². The molecule has 0 spiro atoms. The van der Waals surface area contributed by atoms with Crippen LogP contribution in [0.5, 0.6) is 0 Å². The third-order valence-corrected chi connectivity index (χ3v) is 4.87. The third kappa shape index (κ3) is 2.54. The molecule has 0 radical (unpaired) electrons. The van der Waals surface area contributed by atoms with Gasteiger partial charge in [-0.25, -0.2) is 0 Å². The van der Waals surface area contributed by atoms with Crippen LogP contribution in [0.2, 0.25) is 0 Å². The molecule has 1 aliphatic carbocycles. The number of likely N-dealkylation sites (tertiary alicyclic amines) is 1. The van der Waals surface area contributed by atoms with Crippen molar-refractivity contribution in [1.29, 1.82) is 0 Å². The van der Waals surface area contributed by atoms with Crippen LogP contribution in [0, 0.1) is 11.3 Å². The van der Waals surface area contributed by atoms with Crippen LogP contribution in [-0.4, -0.2) is 40.6 Å². The first-order chi connectivity index (χ1) is 8.23. The number of aliphatic carboxylic acids is 1. The van der Waals surface area contributed by atoms with Gasteiger partial charge in [0.25, 0.3) is 0 Å². The fourth-order valence-corrected chi connectivity index (χ4v) is 3.80. The van der Waals surface area contributed by atoms with Gasteiger partial charge in [-0.3, -0.25) is 9.69 Å². The molecule has 104 valence electrons. The van der Waals surface area contributed by atoms with E-state index < -0.39 is 11.5 Å². The van der Waals surface area contributed by atoms with Crippen molar-refractivity contribution in [1.82, 2.24) is 4.90 Å². The Labute approximate surface area is 110 Å². The van der Waals surface area contributed by atoms with Crippen molar-refractivity contribution in [2.75, 3.05) is 13.1 Å². The second-order valence-corrected chi connectivity index (χ2v) is 7.13. The average molecular weight is 254 g/mol. The topological polar surface area (TPSA) is 66.6 Å². The number of nitrogens with zero attached hydrogens (tertiary/aromatic N) is 1. The summed E-state index contributed by atoms with van der Waals surface area (Å²) in [6.45, 7) is 8.29. The lowest BCUT2D eigenvalue weighted by molar-refractivity contribution is -0.142. The first-order valence-corrected chi connectivity index (χ1v) is 7.00. The van der Waals surface area contributed by atoms with Crippen LogP contribution in [0.4, 0.5) is 0 Å². The molecule has 2 aliphatic rings. The van der Waals surface area contributed by atoms with Crippen molar-refractivity contribution in [3.8, 4) is 0 Å². The second-order valence-electron chi connectivity index (χ2n) is 7.13. The van der Waals surface area contributed by atoms with Crippen molar-refractivity contribution >= 4 is 5.97 Å². The van der Waals surface area contributed by atoms with Crippen LogP contribution in [0.15, 0.2) is 0 Å². The Balaban J connectivity index is 2.00. The number of hydrogen-bond donors (Lipinski definition) is 2. The zero-order valence-electron chi connectivity index (χ0n) is 11.8. The molecule has 1 saturated heterocycles. The van der Waals surface area contributed by atoms with E-state index in [0.29, 0.717) is 30.3 Å². The van der Waals surface area contributed by atoms with Gasteiger partial charge in [0.15, 0.2) is 0 Å². The zero-order chi connectivity index (χ0) is 13.6. The average Bonchev–Trinajstić information content (AvgIpc) is 2.61. The smallest absolute Gasteiger partial charge is 0.325 e. The highest BCUT2D eigenvalue weighted by molar-refractivity contribution is 5.79. The van der Waals surface area contributed by atoms with Crippen LogP contribution in [0.1, 0.15) is 46.5 Å². The maximum atomic E-state index is 11.2. The predicted molar refractivity (Wildman–Crippen MR) is 71.3 cm³/mol. The van der Waals surface area contributed by atoms with Crippen molar-refractivity contribution in [2.45, 2.75) is 58.0 Å². The molecule has 0 aromatic carbocycles. The Bertz CT molecular complexity index is 343. The van der Waals surface area contributed by atoms with Gasteiger partial charge in [-0.2, -0.15) is 0 Å². The SMILES string of the molecule is CC1CC(C)(C)CCC1N1CCC(N)(C(=O)O)C1. The fourth-order valence-electron chi connectivity index (χ4n) is 3.80. The molecule has 0 bridgehead atoms. The third-order valence-electron chi connectivity index (χ3n) is 4.87. The number of nitrogens with two attached hydrogens (primary N) is 1. The Hall–Kier alpha value is -0.610. The highest BCUT2D eigenvalue weighted by Gasteiger charge is 2.45. The lowest BCUT2D eigenvalue weighted by atomic mass is 9.70. The van der Waals surface area contributed by atoms with E-state index >= 15 is 0 Å². The van der Waals surface area contributed by atoms with Gasteiger partial charge in [0.2, 0.25) is 0 Å². The van der Waals surface area contributed by atoms with Gasteiger partial charge in [-0.05, 0) is 37.0 Å². The van der Waals surface area contributed by atoms with E-state index in [1.807, 2.05) is 0 Å². The molecule has 0 amide bonds. The summed E-state index contributed by atoms with van der Waals surface area (Å²) in [5.41, 5.74) is 5.37. The lowest BCUT2D eigenvalue weighted by Gasteiger charge is -2.43. The van der Waals surface area contributed by atoms with Gasteiger partial charge >= 0.3 is 5.97 Å². The van der Waals surface area contributed by atoms with Crippen LogP contribution in [0.25, 0.3) is 0 Å². The molecule has 1 aliphatic heterocycles. The van der Waals surface area contributed by atoms with E-state index in [0.717, 1.165) is 6.54 Å². The van der Waals surface area contributed by atoms with E-state index in [-0.39, 0.29) is 0 Å². The minimum Gasteiger partial charge on any atom is -0.480 e. The van der Waals surface area contributed by atoms with E-state index in [2.05, 4.69) is 25.7 Å². The summed E-state index contributed by atoms with van der Waals surface area (Å²) >= 11 is 0. The van der Waals surface area contributed by atoms with Crippen LogP contribution >= 0.6 is 0 Å². The molecule has 2 fully saturated rings. The predicted octanol–water partition coefficient (Wildman–Crippen LogP) is 1.69. The van der Waals surface area contributed by atoms with Crippen molar-refractivity contribution in [3.05, 3.63) is 0 Å². The highest BCUT2D eigenvalue weighted by Crippen LogP contribution is 2.41. The minimum atomic E-state index is -1.02. The molecule has 0 aromatic rings. The van der Waals surface area contributed by atoms with Crippen LogP contribution < -0.4 is 5.73 Å². The lowest BCUT2D eigenvalue weighted by Crippen LogP contribution is -2.52. The summed E-state index contributed by atoms with van der Waals surface area (Å²) in [6.07, 6.45) is 4.20. The summed E-state index contributed by atoms with van der Waals surface area (Å²) < 4.78 is 0. The molecular weight excluding hydrogens is 228 g/mol. The Morgan fingerprint density at radius 1 is 1.39 bits per heavy atom. The fraction of sp³-hybridized carbons (Fsp3) is 0.929. The van der Waals surface area contributed by atoms with Gasteiger partial charge in [0.05, 0.1) is 0 Å². The summed E-state index contributed by atoms with van der Waals surface area (Å²) in [6, 6.07) is 0.516. The molecule has 0 aromatic heterocycles. The first kappa shape index (κ1) is 13.8.